The van der Waals surface area contributed by atoms with E-state index in [4.69, 9.17) is 16.1 Å². The highest BCUT2D eigenvalue weighted by Crippen LogP contribution is 2.06. The molecule has 0 bridgehead atoms. The number of nitrogens with two attached hydrogens (primary N) is 2. The van der Waals surface area contributed by atoms with Crippen molar-refractivity contribution in [3.05, 3.63) is 0 Å². The van der Waals surface area contributed by atoms with Crippen LogP contribution in [0.1, 0.15) is 19.8 Å². The number of nitrogens with one attached hydrogen (secondary N) is 1. The van der Waals surface area contributed by atoms with E-state index < -0.39 is 21.8 Å². The Morgan fingerprint density at radius 3 is 2.53 bits per heavy atom. The van der Waals surface area contributed by atoms with E-state index in [1.165, 1.54) is 0 Å². The lowest BCUT2D eigenvalue weighted by Crippen LogP contribution is -2.41. The number of hydrogen-bond acceptors (Lipinski definition) is 5. The molecule has 0 aromatic rings. The summed E-state index contributed by atoms with van der Waals surface area (Å²) >= 11 is 0. The topological polar surface area (TPSA) is 148 Å². The number of amidine groups is 1. The van der Waals surface area contributed by atoms with Crippen molar-refractivity contribution in [3.8, 4) is 0 Å². The van der Waals surface area contributed by atoms with Crippen molar-refractivity contribution in [1.82, 2.24) is 5.32 Å². The van der Waals surface area contributed by atoms with Gasteiger partial charge >= 0.3 is 0 Å². The Hall–Kier alpha value is -1.35. The fourth-order valence-corrected chi connectivity index (χ4v) is 1.60. The van der Waals surface area contributed by atoms with E-state index in [0.29, 0.717) is 12.8 Å². The number of primary sulfonamides is 1. The molecule has 0 aliphatic heterocycles. The van der Waals surface area contributed by atoms with Crippen LogP contribution in [0.5, 0.6) is 0 Å². The first-order valence-electron chi connectivity index (χ1n) is 5.07. The van der Waals surface area contributed by atoms with Crippen LogP contribution in [0.15, 0.2) is 5.16 Å². The Kier molecular flexibility index (Phi) is 6.51. The number of hydrogen-bond donors (Lipinski definition) is 4. The average Bonchev–Trinajstić information content (AvgIpc) is 2.22. The zero-order chi connectivity index (χ0) is 13.5. The van der Waals surface area contributed by atoms with Gasteiger partial charge in [0.2, 0.25) is 15.9 Å². The van der Waals surface area contributed by atoms with Crippen molar-refractivity contribution in [1.29, 1.82) is 0 Å². The summed E-state index contributed by atoms with van der Waals surface area (Å²) in [6, 6.07) is 0. The maximum absolute atomic E-state index is 11.6. The van der Waals surface area contributed by atoms with Gasteiger partial charge in [-0.05, 0) is 6.42 Å². The minimum Gasteiger partial charge on any atom is -0.409 e. The minimum atomic E-state index is -3.61. The number of oxime groups is 1. The summed E-state index contributed by atoms with van der Waals surface area (Å²) in [7, 11) is -3.61. The molecular formula is C8H18N4O4S. The van der Waals surface area contributed by atoms with Gasteiger partial charge in [0, 0.05) is 6.54 Å². The molecule has 0 heterocycles. The second-order valence-electron chi connectivity index (χ2n) is 3.52. The average molecular weight is 266 g/mol. The fraction of sp³-hybridized carbons (Fsp3) is 0.750. The molecule has 9 heteroatoms. The smallest absolute Gasteiger partial charge is 0.230 e. The molecule has 0 fully saturated rings. The molecule has 17 heavy (non-hydrogen) atoms. The van der Waals surface area contributed by atoms with Crippen molar-refractivity contribution >= 4 is 21.8 Å². The van der Waals surface area contributed by atoms with Crippen LogP contribution >= 0.6 is 0 Å². The van der Waals surface area contributed by atoms with E-state index in [0.717, 1.165) is 0 Å². The summed E-state index contributed by atoms with van der Waals surface area (Å²) in [5.41, 5.74) is 5.36. The molecule has 0 radical (unpaired) electrons. The van der Waals surface area contributed by atoms with Gasteiger partial charge in [-0.25, -0.2) is 13.6 Å². The molecule has 0 aromatic carbocycles. The predicted octanol–water partition coefficient (Wildman–Crippen LogP) is -1.45. The Bertz CT molecular complexity index is 379. The monoisotopic (exact) mass is 266 g/mol. The summed E-state index contributed by atoms with van der Waals surface area (Å²) in [6.45, 7) is 1.74. The minimum absolute atomic E-state index is 0.101. The van der Waals surface area contributed by atoms with E-state index in [9.17, 15) is 13.2 Å². The highest BCUT2D eigenvalue weighted by Gasteiger charge is 2.22. The van der Waals surface area contributed by atoms with Crippen LogP contribution in [0.3, 0.4) is 0 Å². The third kappa shape index (κ3) is 6.74. The van der Waals surface area contributed by atoms with Gasteiger partial charge in [0.1, 0.15) is 0 Å². The molecule has 0 rings (SSSR count). The molecule has 0 aromatic heterocycles. The third-order valence-corrected chi connectivity index (χ3v) is 2.83. The molecule has 1 amide bonds. The molecule has 8 nitrogen and oxygen atoms in total. The van der Waals surface area contributed by atoms with Gasteiger partial charge in [0.25, 0.3) is 0 Å². The maximum atomic E-state index is 11.6. The number of rotatable bonds is 7. The quantitative estimate of drug-likeness (QED) is 0.193. The molecule has 0 aliphatic carbocycles. The SMILES string of the molecule is CCCC(C(=O)NCCS(N)(=O)=O)C(N)=NO. The maximum Gasteiger partial charge on any atom is 0.230 e. The van der Waals surface area contributed by atoms with E-state index in [-0.39, 0.29) is 18.1 Å². The number of carbonyl (C=O) groups is 1. The summed E-state index contributed by atoms with van der Waals surface area (Å²) in [5, 5.41) is 18.4. The zero-order valence-electron chi connectivity index (χ0n) is 9.59. The van der Waals surface area contributed by atoms with Crippen LogP contribution in [-0.2, 0) is 14.8 Å². The Morgan fingerprint density at radius 2 is 2.12 bits per heavy atom. The molecular weight excluding hydrogens is 248 g/mol. The number of sulfonamides is 1. The summed E-state index contributed by atoms with van der Waals surface area (Å²) in [4.78, 5) is 11.6. The lowest BCUT2D eigenvalue weighted by atomic mass is 10.0. The number of nitrogens with zero attached hydrogens (tertiary/aromatic N) is 1. The van der Waals surface area contributed by atoms with Crippen LogP contribution in [-0.4, -0.2) is 37.7 Å². The largest absolute Gasteiger partial charge is 0.409 e. The fourth-order valence-electron chi connectivity index (χ4n) is 1.21. The van der Waals surface area contributed by atoms with Crippen molar-refractivity contribution < 1.29 is 18.4 Å². The first-order valence-corrected chi connectivity index (χ1v) is 6.79. The van der Waals surface area contributed by atoms with Crippen molar-refractivity contribution in [2.24, 2.45) is 21.9 Å². The predicted molar refractivity (Wildman–Crippen MR) is 62.8 cm³/mol. The number of amides is 1. The molecule has 0 saturated heterocycles. The first kappa shape index (κ1) is 15.7. The molecule has 1 unspecified atom stereocenters. The van der Waals surface area contributed by atoms with E-state index in [1.54, 1.807) is 0 Å². The molecule has 0 aliphatic rings. The lowest BCUT2D eigenvalue weighted by Gasteiger charge is -2.14. The molecule has 0 saturated carbocycles. The van der Waals surface area contributed by atoms with Gasteiger partial charge in [0.05, 0.1) is 11.7 Å². The molecule has 100 valence electrons. The van der Waals surface area contributed by atoms with E-state index in [2.05, 4.69) is 10.5 Å². The normalized spacial score (nSPS) is 14.4. The Labute approximate surface area is 100 Å². The van der Waals surface area contributed by atoms with Gasteiger partial charge < -0.3 is 16.3 Å². The lowest BCUT2D eigenvalue weighted by molar-refractivity contribution is -0.123. The van der Waals surface area contributed by atoms with Crippen LogP contribution < -0.4 is 16.2 Å². The summed E-state index contributed by atoms with van der Waals surface area (Å²) in [5.74, 6) is -1.79. The first-order chi connectivity index (χ1) is 7.81. The van der Waals surface area contributed by atoms with Crippen molar-refractivity contribution in [2.45, 2.75) is 19.8 Å². The second kappa shape index (κ2) is 7.07. The summed E-state index contributed by atoms with van der Waals surface area (Å²) < 4.78 is 21.3. The van der Waals surface area contributed by atoms with Crippen LogP contribution in [0.4, 0.5) is 0 Å². The molecule has 0 spiro atoms. The van der Waals surface area contributed by atoms with Crippen molar-refractivity contribution in [3.63, 3.8) is 0 Å². The van der Waals surface area contributed by atoms with E-state index in [1.807, 2.05) is 6.92 Å². The highest BCUT2D eigenvalue weighted by atomic mass is 32.2. The van der Waals surface area contributed by atoms with Gasteiger partial charge in [-0.2, -0.15) is 0 Å². The van der Waals surface area contributed by atoms with Gasteiger partial charge in [0.15, 0.2) is 5.84 Å². The van der Waals surface area contributed by atoms with Crippen LogP contribution in [0.25, 0.3) is 0 Å². The van der Waals surface area contributed by atoms with Gasteiger partial charge in [-0.3, -0.25) is 4.79 Å². The van der Waals surface area contributed by atoms with Gasteiger partial charge in [-0.1, -0.05) is 18.5 Å². The molecule has 1 atom stereocenters. The van der Waals surface area contributed by atoms with E-state index >= 15 is 0 Å². The van der Waals surface area contributed by atoms with Crippen molar-refractivity contribution in [2.75, 3.05) is 12.3 Å². The third-order valence-electron chi connectivity index (χ3n) is 2.05. The number of carbonyl (C=O) groups excluding carboxylic acids is 1. The standard InChI is InChI=1S/C8H18N4O4S/c1-2-3-6(7(9)12-14)8(13)11-4-5-17(10,15)16/h6,14H,2-5H2,1H3,(H2,9,12)(H,11,13)(H2,10,15,16). The zero-order valence-corrected chi connectivity index (χ0v) is 10.4. The second-order valence-corrected chi connectivity index (χ2v) is 5.26. The Balaban J connectivity index is 4.34. The van der Waals surface area contributed by atoms with Crippen LogP contribution in [0, 0.1) is 5.92 Å². The summed E-state index contributed by atoms with van der Waals surface area (Å²) in [6.07, 6.45) is 1.08. The molecule has 6 N–H and O–H groups in total. The van der Waals surface area contributed by atoms with Crippen LogP contribution in [0.2, 0.25) is 0 Å². The van der Waals surface area contributed by atoms with Gasteiger partial charge in [-0.15, -0.1) is 0 Å². The highest BCUT2D eigenvalue weighted by molar-refractivity contribution is 7.89. The Morgan fingerprint density at radius 1 is 1.53 bits per heavy atom.